The van der Waals surface area contributed by atoms with Gasteiger partial charge >= 0.3 is 7.82 Å². The van der Waals surface area contributed by atoms with E-state index < -0.39 is 7.82 Å². The predicted molar refractivity (Wildman–Crippen MR) is 130 cm³/mol. The second-order valence-corrected chi connectivity index (χ2v) is 10.2. The molecule has 0 radical (unpaired) electrons. The number of rotatable bonds is 24. The van der Waals surface area contributed by atoms with Crippen molar-refractivity contribution in [3.05, 3.63) is 0 Å². The van der Waals surface area contributed by atoms with Gasteiger partial charge in [-0.05, 0) is 26.2 Å². The molecule has 30 heavy (non-hydrogen) atoms. The van der Waals surface area contributed by atoms with Gasteiger partial charge in [-0.25, -0.2) is 4.57 Å². The molecule has 0 saturated heterocycles. The van der Waals surface area contributed by atoms with Gasteiger partial charge in [0, 0.05) is 0 Å². The summed E-state index contributed by atoms with van der Waals surface area (Å²) in [5, 5.41) is 0. The molecule has 0 amide bonds. The summed E-state index contributed by atoms with van der Waals surface area (Å²) in [6.45, 7) is 9.05. The highest BCUT2D eigenvalue weighted by Crippen LogP contribution is 2.51. The minimum Gasteiger partial charge on any atom is -0.287 e. The van der Waals surface area contributed by atoms with Crippen LogP contribution in [0, 0.1) is 0 Å². The van der Waals surface area contributed by atoms with E-state index in [0.717, 1.165) is 38.5 Å². The van der Waals surface area contributed by atoms with Crippen LogP contribution in [0.1, 0.15) is 143 Å². The Kier molecular flexibility index (Phi) is 22.4. The zero-order chi connectivity index (χ0) is 22.3. The zero-order valence-corrected chi connectivity index (χ0v) is 21.7. The summed E-state index contributed by atoms with van der Waals surface area (Å²) in [7, 11) is -3.42. The Morgan fingerprint density at radius 3 is 1.50 bits per heavy atom. The first-order valence-electron chi connectivity index (χ1n) is 13.2. The van der Waals surface area contributed by atoms with Gasteiger partial charge in [0.1, 0.15) is 0 Å². The Bertz CT molecular complexity index is 389. The summed E-state index contributed by atoms with van der Waals surface area (Å²) in [5.41, 5.74) is 0. The standard InChI is InChI=1S/C25H53O4P/c1-5-9-11-12-13-14-15-16-17-18-19-20-21-23-25(22-10-6-2)29-30(26,27-8-4)28-24-7-3/h25H,5-24H2,1-4H3. The molecule has 0 aromatic rings. The van der Waals surface area contributed by atoms with E-state index in [9.17, 15) is 4.57 Å². The normalized spacial score (nSPS) is 14.7. The van der Waals surface area contributed by atoms with Gasteiger partial charge in [-0.2, -0.15) is 0 Å². The third-order valence-electron chi connectivity index (χ3n) is 5.53. The molecule has 182 valence electrons. The summed E-state index contributed by atoms with van der Waals surface area (Å²) in [6.07, 6.45) is 22.5. The van der Waals surface area contributed by atoms with Gasteiger partial charge in [-0.15, -0.1) is 0 Å². The molecule has 4 nitrogen and oxygen atoms in total. The molecular weight excluding hydrogens is 395 g/mol. The van der Waals surface area contributed by atoms with E-state index in [1.54, 1.807) is 0 Å². The summed E-state index contributed by atoms with van der Waals surface area (Å²) in [6, 6.07) is 0. The quantitative estimate of drug-likeness (QED) is 0.109. The fraction of sp³-hybridized carbons (Fsp3) is 1.00. The van der Waals surface area contributed by atoms with Crippen LogP contribution in [0.15, 0.2) is 0 Å². The maximum absolute atomic E-state index is 12.8. The highest BCUT2D eigenvalue weighted by atomic mass is 31.2. The van der Waals surface area contributed by atoms with E-state index >= 15 is 0 Å². The minimum atomic E-state index is -3.42. The monoisotopic (exact) mass is 448 g/mol. The molecule has 0 rings (SSSR count). The van der Waals surface area contributed by atoms with Gasteiger partial charge in [-0.1, -0.05) is 117 Å². The zero-order valence-electron chi connectivity index (χ0n) is 20.8. The SMILES string of the molecule is CCCCCCCCCCCCCCCC(CCCC)OP(=O)(OCC)OCCC. The molecule has 0 aliphatic rings. The van der Waals surface area contributed by atoms with E-state index in [1.165, 1.54) is 77.0 Å². The highest BCUT2D eigenvalue weighted by molar-refractivity contribution is 7.48. The van der Waals surface area contributed by atoms with Crippen LogP contribution in [0.4, 0.5) is 0 Å². The van der Waals surface area contributed by atoms with Crippen molar-refractivity contribution in [2.45, 2.75) is 149 Å². The van der Waals surface area contributed by atoms with Crippen LogP contribution in [0.5, 0.6) is 0 Å². The van der Waals surface area contributed by atoms with Crippen LogP contribution in [0.2, 0.25) is 0 Å². The van der Waals surface area contributed by atoms with Crippen molar-refractivity contribution in [3.8, 4) is 0 Å². The Morgan fingerprint density at radius 1 is 0.567 bits per heavy atom. The van der Waals surface area contributed by atoms with E-state index in [0.29, 0.717) is 13.2 Å². The number of phosphoric ester groups is 1. The van der Waals surface area contributed by atoms with Crippen molar-refractivity contribution in [1.29, 1.82) is 0 Å². The van der Waals surface area contributed by atoms with Crippen LogP contribution in [-0.4, -0.2) is 19.3 Å². The van der Waals surface area contributed by atoms with Crippen LogP contribution >= 0.6 is 7.82 Å². The van der Waals surface area contributed by atoms with Gasteiger partial charge < -0.3 is 0 Å². The van der Waals surface area contributed by atoms with Crippen LogP contribution in [0.25, 0.3) is 0 Å². The molecule has 2 unspecified atom stereocenters. The summed E-state index contributed by atoms with van der Waals surface area (Å²) in [5.74, 6) is 0. The second-order valence-electron chi connectivity index (χ2n) is 8.60. The van der Waals surface area contributed by atoms with Gasteiger partial charge in [0.25, 0.3) is 0 Å². The number of phosphoric acid groups is 1. The van der Waals surface area contributed by atoms with Crippen molar-refractivity contribution in [3.63, 3.8) is 0 Å². The Morgan fingerprint density at radius 2 is 1.03 bits per heavy atom. The molecule has 0 aromatic carbocycles. The average molecular weight is 449 g/mol. The van der Waals surface area contributed by atoms with E-state index in [2.05, 4.69) is 13.8 Å². The Balaban J connectivity index is 3.92. The Labute approximate surface area is 188 Å². The Hall–Kier alpha value is 0.110. The van der Waals surface area contributed by atoms with Gasteiger partial charge in [0.05, 0.1) is 19.3 Å². The molecule has 0 heterocycles. The summed E-state index contributed by atoms with van der Waals surface area (Å²) < 4.78 is 29.5. The van der Waals surface area contributed by atoms with Crippen molar-refractivity contribution >= 4 is 7.82 Å². The molecule has 0 fully saturated rings. The fourth-order valence-corrected chi connectivity index (χ4v) is 5.21. The molecule has 5 heteroatoms. The lowest BCUT2D eigenvalue weighted by Crippen LogP contribution is -2.14. The van der Waals surface area contributed by atoms with Crippen molar-refractivity contribution in [2.75, 3.05) is 13.2 Å². The molecule has 0 aromatic heterocycles. The van der Waals surface area contributed by atoms with E-state index in [4.69, 9.17) is 13.6 Å². The van der Waals surface area contributed by atoms with Gasteiger partial charge in [0.2, 0.25) is 0 Å². The number of hydrogen-bond donors (Lipinski definition) is 0. The average Bonchev–Trinajstić information content (AvgIpc) is 2.74. The maximum Gasteiger partial charge on any atom is 0.475 e. The van der Waals surface area contributed by atoms with Gasteiger partial charge in [0.15, 0.2) is 0 Å². The third kappa shape index (κ3) is 18.8. The molecule has 0 aliphatic carbocycles. The molecular formula is C25H53O4P. The van der Waals surface area contributed by atoms with Crippen molar-refractivity contribution in [1.82, 2.24) is 0 Å². The van der Waals surface area contributed by atoms with Crippen LogP contribution in [-0.2, 0) is 18.1 Å². The van der Waals surface area contributed by atoms with Crippen molar-refractivity contribution in [2.24, 2.45) is 0 Å². The molecule has 0 bridgehead atoms. The third-order valence-corrected chi connectivity index (χ3v) is 7.16. The predicted octanol–water partition coefficient (Wildman–Crippen LogP) is 9.61. The topological polar surface area (TPSA) is 44.8 Å². The lowest BCUT2D eigenvalue weighted by Gasteiger charge is -2.23. The van der Waals surface area contributed by atoms with E-state index in [-0.39, 0.29) is 6.10 Å². The lowest BCUT2D eigenvalue weighted by molar-refractivity contribution is 0.0709. The number of unbranched alkanes of at least 4 members (excludes halogenated alkanes) is 13. The summed E-state index contributed by atoms with van der Waals surface area (Å²) in [4.78, 5) is 0. The number of hydrogen-bond acceptors (Lipinski definition) is 4. The molecule has 2 atom stereocenters. The first kappa shape index (κ1) is 30.1. The van der Waals surface area contributed by atoms with E-state index in [1.807, 2.05) is 13.8 Å². The second kappa shape index (κ2) is 22.3. The lowest BCUT2D eigenvalue weighted by atomic mass is 10.0. The largest absolute Gasteiger partial charge is 0.475 e. The molecule has 0 saturated carbocycles. The van der Waals surface area contributed by atoms with Crippen LogP contribution < -0.4 is 0 Å². The first-order chi connectivity index (χ1) is 14.6. The smallest absolute Gasteiger partial charge is 0.287 e. The maximum atomic E-state index is 12.8. The molecule has 0 N–H and O–H groups in total. The van der Waals surface area contributed by atoms with Gasteiger partial charge in [-0.3, -0.25) is 13.6 Å². The van der Waals surface area contributed by atoms with Crippen molar-refractivity contribution < 1.29 is 18.1 Å². The summed E-state index contributed by atoms with van der Waals surface area (Å²) >= 11 is 0. The highest BCUT2D eigenvalue weighted by Gasteiger charge is 2.29. The molecule has 0 aliphatic heterocycles. The van der Waals surface area contributed by atoms with Crippen LogP contribution in [0.3, 0.4) is 0 Å². The first-order valence-corrected chi connectivity index (χ1v) is 14.6. The minimum absolute atomic E-state index is 0.0214. The fourth-order valence-electron chi connectivity index (χ4n) is 3.71. The molecule has 0 spiro atoms.